The molecule has 5 rings (SSSR count). The Morgan fingerprint density at radius 2 is 1.65 bits per heavy atom. The smallest absolute Gasteiger partial charge is 0.419 e. The first-order valence-electron chi connectivity index (χ1n) is 11.1. The molecule has 0 amide bonds. The summed E-state index contributed by atoms with van der Waals surface area (Å²) in [4.78, 5) is 11.3. The van der Waals surface area contributed by atoms with Crippen LogP contribution in [-0.4, -0.2) is 24.0 Å². The van der Waals surface area contributed by atoms with Crippen molar-refractivity contribution in [3.63, 3.8) is 0 Å². The number of ether oxygens (including phenoxy) is 2. The standard InChI is InChI=1S/C24H31F3O4/c1-22(2,3)21(30-13-23-10-14-6-15(11-23)8-16(7-14)12-23)31-19-9-17(20(28)29)4-5-18(19)24(25,26)27/h4-5,9,14-16,21H,6-8,10-13H2,1-3H3,(H,28,29). The maximum Gasteiger partial charge on any atom is 0.419 e. The van der Waals surface area contributed by atoms with E-state index in [-0.39, 0.29) is 11.0 Å². The van der Waals surface area contributed by atoms with Gasteiger partial charge in [0.25, 0.3) is 0 Å². The van der Waals surface area contributed by atoms with Crippen molar-refractivity contribution in [2.45, 2.75) is 71.8 Å². The van der Waals surface area contributed by atoms with E-state index in [0.717, 1.165) is 55.2 Å². The fourth-order valence-corrected chi connectivity index (χ4v) is 6.28. The summed E-state index contributed by atoms with van der Waals surface area (Å²) in [6, 6.07) is 2.65. The number of carbonyl (C=O) groups is 1. The second-order valence-electron chi connectivity index (χ2n) is 11.1. The molecule has 0 heterocycles. The second kappa shape index (κ2) is 7.68. The van der Waals surface area contributed by atoms with Crippen LogP contribution in [0.15, 0.2) is 18.2 Å². The predicted octanol–water partition coefficient (Wildman–Crippen LogP) is 6.39. The van der Waals surface area contributed by atoms with Gasteiger partial charge in [0, 0.05) is 5.41 Å². The molecule has 0 saturated heterocycles. The molecule has 0 radical (unpaired) electrons. The summed E-state index contributed by atoms with van der Waals surface area (Å²) in [6.07, 6.45) is 1.69. The van der Waals surface area contributed by atoms with E-state index in [1.54, 1.807) is 0 Å². The van der Waals surface area contributed by atoms with E-state index in [0.29, 0.717) is 6.61 Å². The average Bonchev–Trinajstić information content (AvgIpc) is 2.62. The molecule has 1 unspecified atom stereocenters. The van der Waals surface area contributed by atoms with Crippen LogP contribution in [0, 0.1) is 28.6 Å². The van der Waals surface area contributed by atoms with Gasteiger partial charge in [-0.05, 0) is 79.9 Å². The minimum atomic E-state index is -4.66. The van der Waals surface area contributed by atoms with E-state index in [4.69, 9.17) is 9.47 Å². The predicted molar refractivity (Wildman–Crippen MR) is 109 cm³/mol. The van der Waals surface area contributed by atoms with Crippen molar-refractivity contribution in [1.29, 1.82) is 0 Å². The zero-order valence-corrected chi connectivity index (χ0v) is 18.3. The number of alkyl halides is 3. The molecule has 172 valence electrons. The van der Waals surface area contributed by atoms with Crippen LogP contribution in [0.5, 0.6) is 5.75 Å². The molecule has 7 heteroatoms. The Balaban J connectivity index is 1.56. The molecule has 1 aromatic rings. The van der Waals surface area contributed by atoms with Crippen LogP contribution >= 0.6 is 0 Å². The van der Waals surface area contributed by atoms with Crippen LogP contribution in [0.3, 0.4) is 0 Å². The summed E-state index contributed by atoms with van der Waals surface area (Å²) in [5.41, 5.74) is -1.75. The maximum absolute atomic E-state index is 13.6. The van der Waals surface area contributed by atoms with E-state index in [9.17, 15) is 23.1 Å². The first-order chi connectivity index (χ1) is 14.3. The van der Waals surface area contributed by atoms with Gasteiger partial charge < -0.3 is 14.6 Å². The van der Waals surface area contributed by atoms with Crippen molar-refractivity contribution in [3.05, 3.63) is 29.3 Å². The van der Waals surface area contributed by atoms with E-state index in [1.165, 1.54) is 19.3 Å². The third kappa shape index (κ3) is 4.71. The quantitative estimate of drug-likeness (QED) is 0.521. The molecule has 4 fully saturated rings. The lowest BCUT2D eigenvalue weighted by Gasteiger charge is -2.57. The molecule has 1 atom stereocenters. The minimum absolute atomic E-state index is 0.0946. The highest BCUT2D eigenvalue weighted by Crippen LogP contribution is 2.60. The highest BCUT2D eigenvalue weighted by molar-refractivity contribution is 5.88. The van der Waals surface area contributed by atoms with Gasteiger partial charge in [0.15, 0.2) is 0 Å². The molecule has 1 aromatic carbocycles. The van der Waals surface area contributed by atoms with Gasteiger partial charge in [-0.15, -0.1) is 0 Å². The molecule has 0 aliphatic heterocycles. The third-order valence-corrected chi connectivity index (χ3v) is 7.18. The first-order valence-corrected chi connectivity index (χ1v) is 11.1. The summed E-state index contributed by atoms with van der Waals surface area (Å²) >= 11 is 0. The molecule has 0 spiro atoms. The lowest BCUT2D eigenvalue weighted by molar-refractivity contribution is -0.190. The lowest BCUT2D eigenvalue weighted by atomic mass is 9.50. The highest BCUT2D eigenvalue weighted by atomic mass is 19.4. The summed E-state index contributed by atoms with van der Waals surface area (Å²) in [5, 5.41) is 9.23. The first kappa shape index (κ1) is 22.4. The van der Waals surface area contributed by atoms with Crippen LogP contribution in [0.4, 0.5) is 13.2 Å². The summed E-state index contributed by atoms with van der Waals surface area (Å²) < 4.78 is 52.7. The van der Waals surface area contributed by atoms with E-state index >= 15 is 0 Å². The van der Waals surface area contributed by atoms with Crippen molar-refractivity contribution in [1.82, 2.24) is 0 Å². The van der Waals surface area contributed by atoms with Gasteiger partial charge in [0.1, 0.15) is 5.75 Å². The summed E-state index contributed by atoms with van der Waals surface area (Å²) in [7, 11) is 0. The fraction of sp³-hybridized carbons (Fsp3) is 0.708. The van der Waals surface area contributed by atoms with Crippen LogP contribution in [0.25, 0.3) is 0 Å². The average molecular weight is 441 g/mol. The number of rotatable bonds is 6. The van der Waals surface area contributed by atoms with Crippen molar-refractivity contribution in [3.8, 4) is 5.75 Å². The Hall–Kier alpha value is -1.76. The number of carboxylic acids is 1. The van der Waals surface area contributed by atoms with E-state index in [1.807, 2.05) is 20.8 Å². The molecule has 1 N–H and O–H groups in total. The Kier molecular flexibility index (Phi) is 5.56. The third-order valence-electron chi connectivity index (χ3n) is 7.18. The van der Waals surface area contributed by atoms with Crippen LogP contribution in [-0.2, 0) is 10.9 Å². The number of halogens is 3. The number of aromatic carboxylic acids is 1. The summed E-state index contributed by atoms with van der Waals surface area (Å²) in [5.74, 6) is 0.423. The Morgan fingerprint density at radius 1 is 1.10 bits per heavy atom. The van der Waals surface area contributed by atoms with Crippen LogP contribution in [0.2, 0.25) is 0 Å². The lowest BCUT2D eigenvalue weighted by Crippen LogP contribution is -2.49. The van der Waals surface area contributed by atoms with Gasteiger partial charge in [-0.25, -0.2) is 4.79 Å². The normalized spacial score (nSPS) is 31.0. The maximum atomic E-state index is 13.6. The van der Waals surface area contributed by atoms with Gasteiger partial charge in [0.2, 0.25) is 6.29 Å². The van der Waals surface area contributed by atoms with E-state index in [2.05, 4.69) is 0 Å². The molecule has 4 aliphatic carbocycles. The van der Waals surface area contributed by atoms with Crippen molar-refractivity contribution >= 4 is 5.97 Å². The van der Waals surface area contributed by atoms with Gasteiger partial charge in [-0.3, -0.25) is 0 Å². The zero-order chi connectivity index (χ0) is 22.6. The second-order valence-corrected chi connectivity index (χ2v) is 11.1. The van der Waals surface area contributed by atoms with E-state index < -0.39 is 35.2 Å². The highest BCUT2D eigenvalue weighted by Gasteiger charge is 2.51. The van der Waals surface area contributed by atoms with Crippen LogP contribution in [0.1, 0.15) is 75.2 Å². The Labute approximate surface area is 181 Å². The molecular formula is C24H31F3O4. The molecule has 31 heavy (non-hydrogen) atoms. The monoisotopic (exact) mass is 440 g/mol. The van der Waals surface area contributed by atoms with Gasteiger partial charge >= 0.3 is 12.1 Å². The topological polar surface area (TPSA) is 55.8 Å². The number of carboxylic acid groups (broad SMARTS) is 1. The molecule has 4 saturated carbocycles. The fourth-order valence-electron chi connectivity index (χ4n) is 6.28. The van der Waals surface area contributed by atoms with Gasteiger partial charge in [0.05, 0.1) is 17.7 Å². The number of hydrogen-bond acceptors (Lipinski definition) is 3. The molecule has 0 aromatic heterocycles. The minimum Gasteiger partial charge on any atom is -0.478 e. The Morgan fingerprint density at radius 3 is 2.10 bits per heavy atom. The molecule has 4 bridgehead atoms. The largest absolute Gasteiger partial charge is 0.478 e. The summed E-state index contributed by atoms with van der Waals surface area (Å²) in [6.45, 7) is 6.03. The molecular weight excluding hydrogens is 409 g/mol. The Bertz CT molecular complexity index is 805. The van der Waals surface area contributed by atoms with Crippen molar-refractivity contribution in [2.24, 2.45) is 28.6 Å². The SMILES string of the molecule is CC(C)(C)C(OCC12CC3CC(CC(C3)C1)C2)Oc1cc(C(=O)O)ccc1C(F)(F)F. The van der Waals surface area contributed by atoms with Gasteiger partial charge in [-0.2, -0.15) is 13.2 Å². The molecule has 4 nitrogen and oxygen atoms in total. The van der Waals surface area contributed by atoms with Crippen molar-refractivity contribution in [2.75, 3.05) is 6.61 Å². The number of benzene rings is 1. The zero-order valence-electron chi connectivity index (χ0n) is 18.3. The number of hydrogen-bond donors (Lipinski definition) is 1. The molecule has 4 aliphatic rings. The van der Waals surface area contributed by atoms with Gasteiger partial charge in [-0.1, -0.05) is 20.8 Å². The van der Waals surface area contributed by atoms with Crippen molar-refractivity contribution < 1.29 is 32.5 Å². The van der Waals surface area contributed by atoms with Crippen LogP contribution < -0.4 is 4.74 Å².